The molecule has 14 heavy (non-hydrogen) atoms. The Morgan fingerprint density at radius 3 is 2.64 bits per heavy atom. The molecule has 0 aliphatic carbocycles. The van der Waals surface area contributed by atoms with Crippen molar-refractivity contribution in [3.63, 3.8) is 0 Å². The minimum Gasteiger partial charge on any atom is -0.390 e. The SMILES string of the molecule is OC(CCBr)C(O)c1ccc(Cl)nc1. The van der Waals surface area contributed by atoms with Gasteiger partial charge in [0.1, 0.15) is 11.3 Å². The zero-order valence-electron chi connectivity index (χ0n) is 7.40. The molecular weight excluding hydrogens is 269 g/mol. The van der Waals surface area contributed by atoms with Crippen molar-refractivity contribution in [3.8, 4) is 0 Å². The van der Waals surface area contributed by atoms with Crippen molar-refractivity contribution in [2.75, 3.05) is 5.33 Å². The lowest BCUT2D eigenvalue weighted by Gasteiger charge is -2.16. The number of pyridine rings is 1. The summed E-state index contributed by atoms with van der Waals surface area (Å²) in [4.78, 5) is 3.83. The van der Waals surface area contributed by atoms with Crippen LogP contribution >= 0.6 is 27.5 Å². The van der Waals surface area contributed by atoms with E-state index in [0.29, 0.717) is 22.5 Å². The topological polar surface area (TPSA) is 53.4 Å². The van der Waals surface area contributed by atoms with E-state index in [1.165, 1.54) is 6.20 Å². The number of halogens is 2. The largest absolute Gasteiger partial charge is 0.390 e. The van der Waals surface area contributed by atoms with Crippen LogP contribution in [0.4, 0.5) is 0 Å². The Morgan fingerprint density at radius 1 is 1.43 bits per heavy atom. The Hall–Kier alpha value is -0.160. The summed E-state index contributed by atoms with van der Waals surface area (Å²) >= 11 is 8.79. The highest BCUT2D eigenvalue weighted by Gasteiger charge is 2.17. The maximum atomic E-state index is 9.66. The van der Waals surface area contributed by atoms with E-state index in [1.54, 1.807) is 12.1 Å². The molecule has 2 atom stereocenters. The Labute approximate surface area is 95.9 Å². The second kappa shape index (κ2) is 5.66. The van der Waals surface area contributed by atoms with Crippen molar-refractivity contribution in [2.24, 2.45) is 0 Å². The summed E-state index contributed by atoms with van der Waals surface area (Å²) in [6.07, 6.45) is 0.267. The number of aromatic nitrogens is 1. The molecule has 0 radical (unpaired) electrons. The quantitative estimate of drug-likeness (QED) is 0.654. The van der Waals surface area contributed by atoms with E-state index in [-0.39, 0.29) is 0 Å². The van der Waals surface area contributed by atoms with E-state index in [0.717, 1.165) is 0 Å². The lowest BCUT2D eigenvalue weighted by Crippen LogP contribution is -2.18. The summed E-state index contributed by atoms with van der Waals surface area (Å²) in [6, 6.07) is 3.23. The molecule has 3 nitrogen and oxygen atoms in total. The van der Waals surface area contributed by atoms with Gasteiger partial charge in [-0.1, -0.05) is 33.6 Å². The third-order valence-corrected chi connectivity index (χ3v) is 2.54. The summed E-state index contributed by atoms with van der Waals surface area (Å²) in [5, 5.41) is 20.2. The lowest BCUT2D eigenvalue weighted by molar-refractivity contribution is 0.0172. The monoisotopic (exact) mass is 279 g/mol. The maximum absolute atomic E-state index is 9.66. The van der Waals surface area contributed by atoms with E-state index in [4.69, 9.17) is 11.6 Å². The molecule has 78 valence electrons. The number of nitrogens with zero attached hydrogens (tertiary/aromatic N) is 1. The third kappa shape index (κ3) is 3.20. The zero-order chi connectivity index (χ0) is 10.6. The summed E-state index contributed by atoms with van der Waals surface area (Å²) in [5.74, 6) is 0. The standard InChI is InChI=1S/C9H11BrClNO2/c10-4-3-7(13)9(14)6-1-2-8(11)12-5-6/h1-2,5,7,9,13-14H,3-4H2. The van der Waals surface area contributed by atoms with Gasteiger partial charge in [0.05, 0.1) is 6.10 Å². The molecule has 1 aromatic heterocycles. The van der Waals surface area contributed by atoms with Gasteiger partial charge in [0.2, 0.25) is 0 Å². The molecule has 0 saturated heterocycles. The first kappa shape index (κ1) is 11.9. The Bertz CT molecular complexity index is 281. The molecule has 0 spiro atoms. The molecule has 0 aromatic carbocycles. The van der Waals surface area contributed by atoms with Crippen LogP contribution in [0, 0.1) is 0 Å². The fourth-order valence-electron chi connectivity index (χ4n) is 1.05. The van der Waals surface area contributed by atoms with Crippen LogP contribution in [0.5, 0.6) is 0 Å². The van der Waals surface area contributed by atoms with Gasteiger partial charge in [-0.3, -0.25) is 0 Å². The van der Waals surface area contributed by atoms with Crippen molar-refractivity contribution in [1.82, 2.24) is 4.98 Å². The van der Waals surface area contributed by atoms with Gasteiger partial charge in [0.25, 0.3) is 0 Å². The van der Waals surface area contributed by atoms with E-state index >= 15 is 0 Å². The van der Waals surface area contributed by atoms with Gasteiger partial charge in [0.15, 0.2) is 0 Å². The summed E-state index contributed by atoms with van der Waals surface area (Å²) in [5.41, 5.74) is 0.572. The summed E-state index contributed by atoms with van der Waals surface area (Å²) in [7, 11) is 0. The zero-order valence-corrected chi connectivity index (χ0v) is 9.74. The molecule has 2 N–H and O–H groups in total. The molecule has 0 saturated carbocycles. The molecule has 0 amide bonds. The van der Waals surface area contributed by atoms with Crippen LogP contribution in [0.2, 0.25) is 5.15 Å². The van der Waals surface area contributed by atoms with Gasteiger partial charge in [-0.2, -0.15) is 0 Å². The second-order valence-electron chi connectivity index (χ2n) is 2.90. The number of hydrogen-bond acceptors (Lipinski definition) is 3. The van der Waals surface area contributed by atoms with E-state index in [1.807, 2.05) is 0 Å². The fraction of sp³-hybridized carbons (Fsp3) is 0.444. The van der Waals surface area contributed by atoms with Gasteiger partial charge in [-0.15, -0.1) is 0 Å². The molecule has 5 heteroatoms. The van der Waals surface area contributed by atoms with Gasteiger partial charge < -0.3 is 10.2 Å². The average molecular weight is 281 g/mol. The highest BCUT2D eigenvalue weighted by molar-refractivity contribution is 9.09. The average Bonchev–Trinajstić information content (AvgIpc) is 2.18. The van der Waals surface area contributed by atoms with E-state index in [2.05, 4.69) is 20.9 Å². The number of hydrogen-bond donors (Lipinski definition) is 2. The van der Waals surface area contributed by atoms with Gasteiger partial charge in [-0.05, 0) is 12.5 Å². The first-order valence-corrected chi connectivity index (χ1v) is 5.68. The highest BCUT2D eigenvalue weighted by atomic mass is 79.9. The first-order valence-electron chi connectivity index (χ1n) is 4.18. The van der Waals surface area contributed by atoms with Gasteiger partial charge in [0, 0.05) is 17.1 Å². The molecule has 2 unspecified atom stereocenters. The highest BCUT2D eigenvalue weighted by Crippen LogP contribution is 2.19. The van der Waals surface area contributed by atoms with Gasteiger partial charge in [-0.25, -0.2) is 4.98 Å². The van der Waals surface area contributed by atoms with Crippen molar-refractivity contribution < 1.29 is 10.2 Å². The van der Waals surface area contributed by atoms with Crippen molar-refractivity contribution >= 4 is 27.5 Å². The smallest absolute Gasteiger partial charge is 0.129 e. The van der Waals surface area contributed by atoms with Crippen LogP contribution in [0.15, 0.2) is 18.3 Å². The molecule has 1 aromatic rings. The molecule has 1 rings (SSSR count). The molecule has 0 bridgehead atoms. The van der Waals surface area contributed by atoms with Crippen molar-refractivity contribution in [3.05, 3.63) is 29.0 Å². The summed E-state index contributed by atoms with van der Waals surface area (Å²) in [6.45, 7) is 0. The lowest BCUT2D eigenvalue weighted by atomic mass is 10.1. The van der Waals surface area contributed by atoms with Crippen LogP contribution in [-0.2, 0) is 0 Å². The number of rotatable bonds is 4. The van der Waals surface area contributed by atoms with Gasteiger partial charge >= 0.3 is 0 Å². The second-order valence-corrected chi connectivity index (χ2v) is 4.08. The van der Waals surface area contributed by atoms with E-state index < -0.39 is 12.2 Å². The van der Waals surface area contributed by atoms with Crippen LogP contribution in [0.25, 0.3) is 0 Å². The minimum absolute atomic E-state index is 0.371. The van der Waals surface area contributed by atoms with Crippen LogP contribution in [0.3, 0.4) is 0 Å². The van der Waals surface area contributed by atoms with Crippen LogP contribution in [-0.4, -0.2) is 26.6 Å². The molecule has 0 aliphatic heterocycles. The Balaban J connectivity index is 2.68. The summed E-state index contributed by atoms with van der Waals surface area (Å²) < 4.78 is 0. The Morgan fingerprint density at radius 2 is 2.14 bits per heavy atom. The van der Waals surface area contributed by atoms with Crippen molar-refractivity contribution in [1.29, 1.82) is 0 Å². The number of alkyl halides is 1. The van der Waals surface area contributed by atoms with E-state index in [9.17, 15) is 10.2 Å². The fourth-order valence-corrected chi connectivity index (χ4v) is 1.63. The normalized spacial score (nSPS) is 15.1. The molecule has 1 heterocycles. The van der Waals surface area contributed by atoms with Crippen LogP contribution < -0.4 is 0 Å². The molecular formula is C9H11BrClNO2. The predicted octanol–water partition coefficient (Wildman–Crippen LogP) is 1.91. The first-order chi connectivity index (χ1) is 6.65. The molecule has 0 aliphatic rings. The van der Waals surface area contributed by atoms with Crippen molar-refractivity contribution in [2.45, 2.75) is 18.6 Å². The minimum atomic E-state index is -0.905. The predicted molar refractivity (Wildman–Crippen MR) is 58.6 cm³/mol. The van der Waals surface area contributed by atoms with Crippen LogP contribution in [0.1, 0.15) is 18.1 Å². The maximum Gasteiger partial charge on any atom is 0.129 e. The number of aliphatic hydroxyl groups excluding tert-OH is 2. The Kier molecular flexibility index (Phi) is 4.81. The molecule has 0 fully saturated rings. The number of aliphatic hydroxyl groups is 2. The third-order valence-electron chi connectivity index (χ3n) is 1.86.